The highest BCUT2D eigenvalue weighted by atomic mass is 35.5. The molecule has 3 aromatic rings. The molecule has 4 atom stereocenters. The second kappa shape index (κ2) is 12.2. The topological polar surface area (TPSA) is 125 Å². The number of nitrogens with one attached hydrogen (secondary N) is 1. The van der Waals surface area contributed by atoms with Crippen LogP contribution in [0.3, 0.4) is 0 Å². The van der Waals surface area contributed by atoms with Crippen LogP contribution in [0.4, 0.5) is 11.4 Å². The molecule has 40 heavy (non-hydrogen) atoms. The van der Waals surface area contributed by atoms with Crippen molar-refractivity contribution in [2.75, 3.05) is 44.8 Å². The van der Waals surface area contributed by atoms with E-state index in [9.17, 15) is 19.4 Å². The number of hydrogen-bond donors (Lipinski definition) is 2. The van der Waals surface area contributed by atoms with Gasteiger partial charge in [0.25, 0.3) is 0 Å². The number of benzene rings is 2. The maximum absolute atomic E-state index is 13.6. The second-order valence-electron chi connectivity index (χ2n) is 10.1. The number of nitrogens with zero attached hydrogens (tertiary/aromatic N) is 4. The van der Waals surface area contributed by atoms with E-state index in [0.29, 0.717) is 61.0 Å². The van der Waals surface area contributed by atoms with E-state index in [2.05, 4.69) is 12.0 Å². The Balaban J connectivity index is 1.30. The summed E-state index contributed by atoms with van der Waals surface area (Å²) < 4.78 is 27.7. The molecule has 2 N–H and O–H groups in total. The minimum Gasteiger partial charge on any atom is -0.595 e. The molecule has 13 heteroatoms. The molecule has 2 fully saturated rings. The highest BCUT2D eigenvalue weighted by Crippen LogP contribution is 2.38. The summed E-state index contributed by atoms with van der Waals surface area (Å²) in [7, 11) is 0.0860. The predicted molar refractivity (Wildman–Crippen MR) is 152 cm³/mol. The summed E-state index contributed by atoms with van der Waals surface area (Å²) in [5.74, 6) is 1.75. The van der Waals surface area contributed by atoms with Gasteiger partial charge in [-0.15, -0.1) is 0 Å². The molecule has 0 amide bonds. The van der Waals surface area contributed by atoms with Crippen LogP contribution < -0.4 is 25.2 Å². The van der Waals surface area contributed by atoms with Crippen molar-refractivity contribution in [2.24, 2.45) is 11.8 Å². The molecule has 1 saturated heterocycles. The smallest absolute Gasteiger partial charge is 0.316 e. The lowest BCUT2D eigenvalue weighted by atomic mass is 10.2. The van der Waals surface area contributed by atoms with E-state index in [0.717, 1.165) is 12.0 Å². The summed E-state index contributed by atoms with van der Waals surface area (Å²) in [6.45, 7) is 4.72. The molecule has 0 radical (unpaired) electrons. The Hall–Kier alpha value is -3.00. The van der Waals surface area contributed by atoms with Gasteiger partial charge < -0.3 is 19.6 Å². The van der Waals surface area contributed by atoms with Crippen LogP contribution in [-0.4, -0.2) is 63.4 Å². The van der Waals surface area contributed by atoms with Gasteiger partial charge in [-0.3, -0.25) is 4.79 Å². The van der Waals surface area contributed by atoms with Crippen LogP contribution in [0.1, 0.15) is 18.9 Å². The molecule has 214 valence electrons. The Bertz CT molecular complexity index is 1450. The fourth-order valence-corrected chi connectivity index (χ4v) is 6.17. The van der Waals surface area contributed by atoms with E-state index in [1.54, 1.807) is 42.6 Å². The minimum absolute atomic E-state index is 0.0608. The van der Waals surface area contributed by atoms with Gasteiger partial charge in [-0.2, -0.15) is 15.0 Å². The van der Waals surface area contributed by atoms with Gasteiger partial charge in [-0.1, -0.05) is 30.7 Å². The van der Waals surface area contributed by atoms with Gasteiger partial charge in [0.15, 0.2) is 5.75 Å². The van der Waals surface area contributed by atoms with E-state index in [1.807, 2.05) is 9.21 Å². The number of methoxy groups -OCH3 is 1. The molecule has 1 aromatic heterocycles. The Morgan fingerprint density at radius 1 is 1.20 bits per heavy atom. The first kappa shape index (κ1) is 28.5. The summed E-state index contributed by atoms with van der Waals surface area (Å²) in [5.41, 5.74) is 1.61. The molecule has 11 nitrogen and oxygen atoms in total. The Kier molecular flexibility index (Phi) is 8.74. The molecule has 1 aliphatic heterocycles. The van der Waals surface area contributed by atoms with Crippen LogP contribution in [0, 0.1) is 17.0 Å². The summed E-state index contributed by atoms with van der Waals surface area (Å²) in [5, 5.41) is 24.5. The highest BCUT2D eigenvalue weighted by Gasteiger charge is 2.34. The van der Waals surface area contributed by atoms with Crippen molar-refractivity contribution in [2.45, 2.75) is 19.1 Å². The van der Waals surface area contributed by atoms with Crippen molar-refractivity contribution in [1.29, 1.82) is 0 Å². The van der Waals surface area contributed by atoms with E-state index >= 15 is 0 Å². The van der Waals surface area contributed by atoms with Gasteiger partial charge in [0.1, 0.15) is 5.69 Å². The van der Waals surface area contributed by atoms with Gasteiger partial charge >= 0.3 is 5.56 Å². The van der Waals surface area contributed by atoms with E-state index in [-0.39, 0.29) is 28.5 Å². The molecule has 0 bridgehead atoms. The van der Waals surface area contributed by atoms with Crippen molar-refractivity contribution in [3.8, 4) is 17.2 Å². The molecule has 2 aromatic carbocycles. The molecule has 2 aliphatic rings. The number of piperazine rings is 1. The zero-order valence-corrected chi connectivity index (χ0v) is 23.9. The second-order valence-corrected chi connectivity index (χ2v) is 11.9. The van der Waals surface area contributed by atoms with Crippen LogP contribution >= 0.6 is 11.6 Å². The summed E-state index contributed by atoms with van der Waals surface area (Å²) >= 11 is 6.15. The van der Waals surface area contributed by atoms with Crippen molar-refractivity contribution in [1.82, 2.24) is 14.1 Å². The maximum Gasteiger partial charge on any atom is 0.316 e. The molecule has 1 saturated carbocycles. The summed E-state index contributed by atoms with van der Waals surface area (Å²) in [6.07, 6.45) is 2.73. The first-order chi connectivity index (χ1) is 19.2. The average molecular weight is 590 g/mol. The number of rotatable bonds is 10. The quantitative estimate of drug-likeness (QED) is 0.345. The van der Waals surface area contributed by atoms with Crippen LogP contribution in [-0.2, 0) is 16.7 Å². The van der Waals surface area contributed by atoms with Gasteiger partial charge in [0.2, 0.25) is 11.4 Å². The number of halogens is 1. The van der Waals surface area contributed by atoms with Crippen LogP contribution in [0.25, 0.3) is 5.69 Å². The third kappa shape index (κ3) is 6.32. The van der Waals surface area contributed by atoms with Gasteiger partial charge in [-0.05, 0) is 48.1 Å². The van der Waals surface area contributed by atoms with Crippen molar-refractivity contribution >= 4 is 34.0 Å². The fraction of sp³-hybridized carbons (Fsp3) is 0.407. The molecule has 0 spiro atoms. The molecular formula is C27H32ClN5O6S. The SMILES string of the molecule is COc1cc(CS(=O)N2CCN(c3cnn(-c4cccc(Cl)c4)c(=O)c3OCC3CC3C)CC2)ccc1[NH+]([O-])O. The lowest BCUT2D eigenvalue weighted by Crippen LogP contribution is -2.99. The fourth-order valence-electron chi connectivity index (χ4n) is 4.77. The maximum atomic E-state index is 13.6. The Morgan fingerprint density at radius 3 is 2.60 bits per heavy atom. The summed E-state index contributed by atoms with van der Waals surface area (Å²) in [4.78, 5) is 15.6. The molecule has 5 rings (SSSR count). The number of aromatic nitrogens is 2. The predicted octanol–water partition coefficient (Wildman–Crippen LogP) is 2.32. The van der Waals surface area contributed by atoms with E-state index < -0.39 is 16.2 Å². The molecule has 4 unspecified atom stereocenters. The van der Waals surface area contributed by atoms with Crippen LogP contribution in [0.2, 0.25) is 5.02 Å². The molecule has 1 aliphatic carbocycles. The molecule has 2 heterocycles. The monoisotopic (exact) mass is 589 g/mol. The first-order valence-electron chi connectivity index (χ1n) is 13.0. The Labute approximate surface area is 239 Å². The zero-order chi connectivity index (χ0) is 28.4. The van der Waals surface area contributed by atoms with Crippen molar-refractivity contribution < 1.29 is 24.1 Å². The number of anilines is 1. The normalized spacial score (nSPS) is 20.7. The number of hydrogen-bond acceptors (Lipinski definition) is 8. The largest absolute Gasteiger partial charge is 0.595 e. The van der Waals surface area contributed by atoms with E-state index in [4.69, 9.17) is 21.1 Å². The van der Waals surface area contributed by atoms with Crippen molar-refractivity contribution in [3.05, 3.63) is 74.8 Å². The average Bonchev–Trinajstić information content (AvgIpc) is 3.66. The standard InChI is InChI=1S/C27H32ClN5O6S/c1-18-12-20(18)16-39-26-24(15-29-32(27(26)34)22-5-3-4-21(28)14-22)30-8-10-31(11-9-30)40(37)17-19-6-7-23(33(35)36)25(13-19)38-2/h3-7,13-15,18,20,33,35H,8-12,16-17H2,1-2H3. The lowest BCUT2D eigenvalue weighted by molar-refractivity contribution is -0.991. The number of quaternary nitrogens is 1. The first-order valence-corrected chi connectivity index (χ1v) is 14.7. The lowest BCUT2D eigenvalue weighted by Gasteiger charge is -2.35. The summed E-state index contributed by atoms with van der Waals surface area (Å²) in [6, 6.07) is 11.7. The highest BCUT2D eigenvalue weighted by molar-refractivity contribution is 7.81. The third-order valence-electron chi connectivity index (χ3n) is 7.34. The van der Waals surface area contributed by atoms with Crippen molar-refractivity contribution in [3.63, 3.8) is 0 Å². The third-order valence-corrected chi connectivity index (χ3v) is 9.10. The van der Waals surface area contributed by atoms with Gasteiger partial charge in [0.05, 0.1) is 42.3 Å². The number of ether oxygens (including phenoxy) is 2. The Morgan fingerprint density at radius 2 is 1.95 bits per heavy atom. The van der Waals surface area contributed by atoms with Gasteiger partial charge in [0, 0.05) is 37.3 Å². The zero-order valence-electron chi connectivity index (χ0n) is 22.3. The van der Waals surface area contributed by atoms with Crippen LogP contribution in [0.5, 0.6) is 11.5 Å². The van der Waals surface area contributed by atoms with Crippen LogP contribution in [0.15, 0.2) is 53.5 Å². The minimum atomic E-state index is -1.32. The van der Waals surface area contributed by atoms with E-state index in [1.165, 1.54) is 17.9 Å². The molecular weight excluding hydrogens is 558 g/mol. The van der Waals surface area contributed by atoms with Gasteiger partial charge in [-0.25, -0.2) is 13.7 Å².